The lowest BCUT2D eigenvalue weighted by molar-refractivity contribution is -0.119. The SMILES string of the molecule is COc1cc(NC(=O)C[C@H]2OCCc3ccccc32)ccc1C(=O)O. The molecule has 0 spiro atoms. The van der Waals surface area contributed by atoms with Crippen LogP contribution in [-0.2, 0) is 16.0 Å². The Morgan fingerprint density at radius 3 is 2.84 bits per heavy atom. The second-order valence-corrected chi connectivity index (χ2v) is 5.78. The van der Waals surface area contributed by atoms with Crippen LogP contribution in [0.1, 0.15) is 34.0 Å². The number of carboxylic acid groups (broad SMARTS) is 1. The molecule has 25 heavy (non-hydrogen) atoms. The molecular weight excluding hydrogens is 322 g/mol. The summed E-state index contributed by atoms with van der Waals surface area (Å²) < 4.78 is 10.8. The molecule has 0 saturated heterocycles. The second-order valence-electron chi connectivity index (χ2n) is 5.78. The summed E-state index contributed by atoms with van der Waals surface area (Å²) in [6.07, 6.45) is 0.771. The lowest BCUT2D eigenvalue weighted by atomic mass is 9.95. The van der Waals surface area contributed by atoms with Crippen LogP contribution in [0.5, 0.6) is 5.75 Å². The van der Waals surface area contributed by atoms with Gasteiger partial charge >= 0.3 is 5.97 Å². The Kier molecular flexibility index (Phi) is 5.00. The molecule has 1 atom stereocenters. The third-order valence-corrected chi connectivity index (χ3v) is 4.18. The van der Waals surface area contributed by atoms with Crippen molar-refractivity contribution in [3.8, 4) is 5.75 Å². The summed E-state index contributed by atoms with van der Waals surface area (Å²) >= 11 is 0. The molecule has 130 valence electrons. The van der Waals surface area contributed by atoms with E-state index in [1.807, 2.05) is 18.2 Å². The summed E-state index contributed by atoms with van der Waals surface area (Å²) in [6.45, 7) is 0.593. The summed E-state index contributed by atoms with van der Waals surface area (Å²) in [5.74, 6) is -1.08. The van der Waals surface area contributed by atoms with Crippen molar-refractivity contribution in [1.29, 1.82) is 0 Å². The average molecular weight is 341 g/mol. The number of fused-ring (bicyclic) bond motifs is 1. The predicted molar refractivity (Wildman–Crippen MR) is 92.0 cm³/mol. The van der Waals surface area contributed by atoms with Crippen LogP contribution in [0, 0.1) is 0 Å². The highest BCUT2D eigenvalue weighted by Crippen LogP contribution is 2.30. The fraction of sp³-hybridized carbons (Fsp3) is 0.263. The Morgan fingerprint density at radius 2 is 2.08 bits per heavy atom. The molecule has 0 aromatic heterocycles. The van der Waals surface area contributed by atoms with Crippen LogP contribution >= 0.6 is 0 Å². The van der Waals surface area contributed by atoms with Gasteiger partial charge in [0.05, 0.1) is 26.2 Å². The zero-order valence-electron chi connectivity index (χ0n) is 13.8. The number of ether oxygens (including phenoxy) is 2. The number of rotatable bonds is 5. The van der Waals surface area contributed by atoms with Crippen molar-refractivity contribution in [2.45, 2.75) is 18.9 Å². The van der Waals surface area contributed by atoms with Gasteiger partial charge in [-0.15, -0.1) is 0 Å². The molecule has 2 N–H and O–H groups in total. The van der Waals surface area contributed by atoms with Gasteiger partial charge < -0.3 is 19.9 Å². The summed E-state index contributed by atoms with van der Waals surface area (Å²) in [7, 11) is 1.39. The van der Waals surface area contributed by atoms with Crippen molar-refractivity contribution < 1.29 is 24.2 Å². The van der Waals surface area contributed by atoms with Gasteiger partial charge in [0.1, 0.15) is 11.3 Å². The Bertz CT molecular complexity index is 802. The molecule has 0 unspecified atom stereocenters. The number of hydrogen-bond donors (Lipinski definition) is 2. The normalized spacial score (nSPS) is 16.0. The second kappa shape index (κ2) is 7.36. The van der Waals surface area contributed by atoms with Crippen molar-refractivity contribution in [2.75, 3.05) is 19.0 Å². The van der Waals surface area contributed by atoms with Crippen molar-refractivity contribution in [1.82, 2.24) is 0 Å². The molecule has 6 heteroatoms. The molecule has 0 saturated carbocycles. The third-order valence-electron chi connectivity index (χ3n) is 4.18. The first-order valence-electron chi connectivity index (χ1n) is 7.99. The topological polar surface area (TPSA) is 84.9 Å². The first-order valence-corrected chi connectivity index (χ1v) is 7.99. The Hall–Kier alpha value is -2.86. The Labute approximate surface area is 145 Å². The summed E-state index contributed by atoms with van der Waals surface area (Å²) in [5.41, 5.74) is 2.78. The van der Waals surface area contributed by atoms with E-state index in [0.29, 0.717) is 12.3 Å². The fourth-order valence-corrected chi connectivity index (χ4v) is 2.97. The first kappa shape index (κ1) is 17.0. The lowest BCUT2D eigenvalue weighted by Crippen LogP contribution is -2.22. The highest BCUT2D eigenvalue weighted by Gasteiger charge is 2.23. The number of aromatic carboxylic acids is 1. The zero-order chi connectivity index (χ0) is 17.8. The number of benzene rings is 2. The van der Waals surface area contributed by atoms with E-state index >= 15 is 0 Å². The van der Waals surface area contributed by atoms with Crippen molar-refractivity contribution in [2.24, 2.45) is 0 Å². The van der Waals surface area contributed by atoms with E-state index < -0.39 is 5.97 Å². The zero-order valence-corrected chi connectivity index (χ0v) is 13.8. The average Bonchev–Trinajstić information content (AvgIpc) is 2.61. The third kappa shape index (κ3) is 3.80. The number of nitrogens with one attached hydrogen (secondary N) is 1. The standard InChI is InChI=1S/C19H19NO5/c1-24-16-10-13(6-7-15(16)19(22)23)20-18(21)11-17-14-5-3-2-4-12(14)8-9-25-17/h2-7,10,17H,8-9,11H2,1H3,(H,20,21)(H,22,23)/t17-/m1/s1. The molecule has 6 nitrogen and oxygen atoms in total. The van der Waals surface area contributed by atoms with Crippen LogP contribution in [0.25, 0.3) is 0 Å². The van der Waals surface area contributed by atoms with E-state index in [0.717, 1.165) is 12.0 Å². The molecule has 0 aliphatic carbocycles. The fourth-order valence-electron chi connectivity index (χ4n) is 2.97. The van der Waals surface area contributed by atoms with E-state index in [1.54, 1.807) is 6.07 Å². The number of anilines is 1. The van der Waals surface area contributed by atoms with Gasteiger partial charge in [-0.2, -0.15) is 0 Å². The quantitative estimate of drug-likeness (QED) is 0.873. The van der Waals surface area contributed by atoms with E-state index in [-0.39, 0.29) is 29.7 Å². The molecule has 0 bridgehead atoms. The van der Waals surface area contributed by atoms with Gasteiger partial charge in [-0.25, -0.2) is 4.79 Å². The number of carboxylic acids is 1. The van der Waals surface area contributed by atoms with Crippen LogP contribution in [0.15, 0.2) is 42.5 Å². The van der Waals surface area contributed by atoms with Crippen LogP contribution < -0.4 is 10.1 Å². The summed E-state index contributed by atoms with van der Waals surface area (Å²) in [5, 5.41) is 11.9. The molecule has 0 fully saturated rings. The van der Waals surface area contributed by atoms with Crippen LogP contribution in [0.4, 0.5) is 5.69 Å². The van der Waals surface area contributed by atoms with Gasteiger partial charge in [-0.3, -0.25) is 4.79 Å². The summed E-state index contributed by atoms with van der Waals surface area (Å²) in [4.78, 5) is 23.5. The molecule has 1 amide bonds. The van der Waals surface area contributed by atoms with Crippen molar-refractivity contribution in [3.63, 3.8) is 0 Å². The van der Waals surface area contributed by atoms with E-state index in [4.69, 9.17) is 14.6 Å². The molecular formula is C19H19NO5. The van der Waals surface area contributed by atoms with Crippen LogP contribution in [-0.4, -0.2) is 30.7 Å². The smallest absolute Gasteiger partial charge is 0.339 e. The summed E-state index contributed by atoms with van der Waals surface area (Å²) in [6, 6.07) is 12.4. The molecule has 3 rings (SSSR count). The highest BCUT2D eigenvalue weighted by atomic mass is 16.5. The Morgan fingerprint density at radius 1 is 1.28 bits per heavy atom. The number of methoxy groups -OCH3 is 1. The van der Waals surface area contributed by atoms with Gasteiger partial charge in [-0.05, 0) is 29.7 Å². The van der Waals surface area contributed by atoms with Gasteiger partial charge in [0.2, 0.25) is 5.91 Å². The minimum absolute atomic E-state index is 0.0463. The molecule has 1 heterocycles. The Balaban J connectivity index is 1.70. The molecule has 2 aromatic carbocycles. The molecule has 1 aliphatic heterocycles. The largest absolute Gasteiger partial charge is 0.496 e. The van der Waals surface area contributed by atoms with Gasteiger partial charge in [0.15, 0.2) is 0 Å². The van der Waals surface area contributed by atoms with Crippen LogP contribution in [0.3, 0.4) is 0 Å². The number of carbonyl (C=O) groups is 2. The van der Waals surface area contributed by atoms with Crippen molar-refractivity contribution >= 4 is 17.6 Å². The number of hydrogen-bond acceptors (Lipinski definition) is 4. The molecule has 1 aliphatic rings. The van der Waals surface area contributed by atoms with Crippen LogP contribution in [0.2, 0.25) is 0 Å². The monoisotopic (exact) mass is 341 g/mol. The maximum absolute atomic E-state index is 12.4. The number of carbonyl (C=O) groups excluding carboxylic acids is 1. The minimum atomic E-state index is -1.08. The van der Waals surface area contributed by atoms with Gasteiger partial charge in [-0.1, -0.05) is 24.3 Å². The van der Waals surface area contributed by atoms with Gasteiger partial charge in [0, 0.05) is 11.8 Å². The maximum Gasteiger partial charge on any atom is 0.339 e. The van der Waals surface area contributed by atoms with Crippen molar-refractivity contribution in [3.05, 3.63) is 59.2 Å². The minimum Gasteiger partial charge on any atom is -0.496 e. The maximum atomic E-state index is 12.4. The highest BCUT2D eigenvalue weighted by molar-refractivity contribution is 5.94. The van der Waals surface area contributed by atoms with Gasteiger partial charge in [0.25, 0.3) is 0 Å². The molecule has 2 aromatic rings. The molecule has 0 radical (unpaired) electrons. The van der Waals surface area contributed by atoms with E-state index in [2.05, 4.69) is 11.4 Å². The lowest BCUT2D eigenvalue weighted by Gasteiger charge is -2.25. The predicted octanol–water partition coefficient (Wildman–Crippen LogP) is 3.04. The van der Waals surface area contributed by atoms with E-state index in [9.17, 15) is 9.59 Å². The van der Waals surface area contributed by atoms with E-state index in [1.165, 1.54) is 24.8 Å². The number of amides is 1. The first-order chi connectivity index (χ1) is 12.1.